The molecule has 0 unspecified atom stereocenters. The van der Waals surface area contributed by atoms with Crippen molar-refractivity contribution < 1.29 is 5.11 Å². The largest absolute Gasteiger partial charge is 0.507 e. The molecule has 0 aromatic heterocycles. The minimum atomic E-state index is 0.274. The number of anilines is 1. The molecule has 4 aromatic carbocycles. The number of benzene rings is 4. The van der Waals surface area contributed by atoms with Crippen LogP contribution in [-0.4, -0.2) is 5.11 Å². The van der Waals surface area contributed by atoms with E-state index in [2.05, 4.69) is 6.07 Å². The zero-order chi connectivity index (χ0) is 16.5. The Labute approximate surface area is 140 Å². The van der Waals surface area contributed by atoms with E-state index in [9.17, 15) is 5.11 Å². The zero-order valence-corrected chi connectivity index (χ0v) is 13.1. The number of hydrogen-bond donors (Lipinski definition) is 2. The maximum absolute atomic E-state index is 10.6. The van der Waals surface area contributed by atoms with Crippen LogP contribution in [0.5, 0.6) is 5.75 Å². The van der Waals surface area contributed by atoms with E-state index in [0.717, 1.165) is 38.7 Å². The van der Waals surface area contributed by atoms with Crippen LogP contribution in [0.1, 0.15) is 0 Å². The van der Waals surface area contributed by atoms with Gasteiger partial charge in [-0.1, -0.05) is 72.8 Å². The minimum absolute atomic E-state index is 0.274. The molecule has 0 spiro atoms. The Morgan fingerprint density at radius 1 is 0.583 bits per heavy atom. The van der Waals surface area contributed by atoms with Crippen molar-refractivity contribution in [2.75, 3.05) is 5.73 Å². The number of para-hydroxylation sites is 1. The van der Waals surface area contributed by atoms with Crippen LogP contribution < -0.4 is 5.73 Å². The molecule has 0 bridgehead atoms. The van der Waals surface area contributed by atoms with Crippen molar-refractivity contribution in [1.82, 2.24) is 0 Å². The topological polar surface area (TPSA) is 46.2 Å². The van der Waals surface area contributed by atoms with Gasteiger partial charge >= 0.3 is 0 Å². The highest BCUT2D eigenvalue weighted by molar-refractivity contribution is 6.03. The molecule has 0 saturated heterocycles. The van der Waals surface area contributed by atoms with Crippen molar-refractivity contribution in [1.29, 1.82) is 0 Å². The average molecular weight is 311 g/mol. The summed E-state index contributed by atoms with van der Waals surface area (Å²) in [4.78, 5) is 0. The summed E-state index contributed by atoms with van der Waals surface area (Å²) in [5, 5.41) is 12.7. The minimum Gasteiger partial charge on any atom is -0.507 e. The molecule has 116 valence electrons. The fourth-order valence-corrected chi connectivity index (χ4v) is 3.22. The summed E-state index contributed by atoms with van der Waals surface area (Å²) in [6, 6.07) is 27.6. The van der Waals surface area contributed by atoms with Crippen LogP contribution in [-0.2, 0) is 0 Å². The molecule has 0 saturated carbocycles. The summed E-state index contributed by atoms with van der Waals surface area (Å²) in [6.45, 7) is 0. The van der Waals surface area contributed by atoms with Gasteiger partial charge in [-0.2, -0.15) is 0 Å². The number of fused-ring (bicyclic) bond motifs is 1. The van der Waals surface area contributed by atoms with E-state index in [-0.39, 0.29) is 5.75 Å². The Kier molecular flexibility index (Phi) is 3.43. The molecule has 0 aliphatic rings. The van der Waals surface area contributed by atoms with Gasteiger partial charge in [0.25, 0.3) is 0 Å². The standard InChI is InChI=1S/C22H17NO/c23-20-12-6-5-10-18(20)17-9-3-4-11-19(17)22-16-8-2-1-7-15(16)13-14-21(22)24/h1-14,24H,23H2. The molecule has 0 amide bonds. The van der Waals surface area contributed by atoms with Crippen molar-refractivity contribution >= 4 is 16.5 Å². The summed E-state index contributed by atoms with van der Waals surface area (Å²) < 4.78 is 0. The molecule has 0 radical (unpaired) electrons. The lowest BCUT2D eigenvalue weighted by molar-refractivity contribution is 0.478. The van der Waals surface area contributed by atoms with Crippen molar-refractivity contribution in [2.45, 2.75) is 0 Å². The van der Waals surface area contributed by atoms with Crippen LogP contribution in [0, 0.1) is 0 Å². The van der Waals surface area contributed by atoms with Gasteiger partial charge in [-0.15, -0.1) is 0 Å². The summed E-state index contributed by atoms with van der Waals surface area (Å²) in [7, 11) is 0. The monoisotopic (exact) mass is 311 g/mol. The highest BCUT2D eigenvalue weighted by Crippen LogP contribution is 2.42. The van der Waals surface area contributed by atoms with Crippen LogP contribution in [0.25, 0.3) is 33.0 Å². The Morgan fingerprint density at radius 2 is 1.21 bits per heavy atom. The van der Waals surface area contributed by atoms with Crippen LogP contribution in [0.15, 0.2) is 84.9 Å². The van der Waals surface area contributed by atoms with Gasteiger partial charge in [-0.3, -0.25) is 0 Å². The predicted octanol–water partition coefficient (Wildman–Crippen LogP) is 5.46. The fraction of sp³-hybridized carbons (Fsp3) is 0. The first-order chi connectivity index (χ1) is 11.8. The molecule has 4 aromatic rings. The molecular formula is C22H17NO. The highest BCUT2D eigenvalue weighted by Gasteiger charge is 2.15. The number of aromatic hydroxyl groups is 1. The first-order valence-corrected chi connectivity index (χ1v) is 7.91. The molecule has 4 rings (SSSR count). The highest BCUT2D eigenvalue weighted by atomic mass is 16.3. The van der Waals surface area contributed by atoms with E-state index < -0.39 is 0 Å². The first kappa shape index (κ1) is 14.3. The molecule has 0 atom stereocenters. The molecule has 0 heterocycles. The molecule has 2 heteroatoms. The van der Waals surface area contributed by atoms with E-state index in [1.807, 2.05) is 72.8 Å². The number of hydrogen-bond acceptors (Lipinski definition) is 2. The van der Waals surface area contributed by atoms with Crippen molar-refractivity contribution in [3.8, 4) is 28.0 Å². The van der Waals surface area contributed by atoms with E-state index in [0.29, 0.717) is 0 Å². The second-order valence-corrected chi connectivity index (χ2v) is 5.81. The summed E-state index contributed by atoms with van der Waals surface area (Å²) in [6.07, 6.45) is 0. The number of rotatable bonds is 2. The van der Waals surface area contributed by atoms with Gasteiger partial charge in [0, 0.05) is 16.8 Å². The Bertz CT molecular complexity index is 1040. The molecule has 24 heavy (non-hydrogen) atoms. The van der Waals surface area contributed by atoms with Gasteiger partial charge in [0.05, 0.1) is 0 Å². The van der Waals surface area contributed by atoms with Crippen LogP contribution in [0.3, 0.4) is 0 Å². The van der Waals surface area contributed by atoms with E-state index in [1.165, 1.54) is 0 Å². The van der Waals surface area contributed by atoms with Gasteiger partial charge in [-0.25, -0.2) is 0 Å². The van der Waals surface area contributed by atoms with Gasteiger partial charge in [-0.05, 0) is 34.0 Å². The summed E-state index contributed by atoms with van der Waals surface area (Å²) >= 11 is 0. The molecule has 0 fully saturated rings. The number of phenols is 1. The van der Waals surface area contributed by atoms with Crippen molar-refractivity contribution in [2.24, 2.45) is 0 Å². The lowest BCUT2D eigenvalue weighted by atomic mass is 9.90. The second-order valence-electron chi connectivity index (χ2n) is 5.81. The molecule has 3 N–H and O–H groups in total. The van der Waals surface area contributed by atoms with E-state index in [4.69, 9.17) is 5.73 Å². The number of nitrogen functional groups attached to an aromatic ring is 1. The van der Waals surface area contributed by atoms with Gasteiger partial charge in [0.1, 0.15) is 5.75 Å². The van der Waals surface area contributed by atoms with Crippen LogP contribution in [0.4, 0.5) is 5.69 Å². The number of nitrogens with two attached hydrogens (primary N) is 1. The Balaban J connectivity index is 2.07. The molecule has 0 aliphatic carbocycles. The SMILES string of the molecule is Nc1ccccc1-c1ccccc1-c1c(O)ccc2ccccc12. The van der Waals surface area contributed by atoms with Gasteiger partial charge in [0.2, 0.25) is 0 Å². The van der Waals surface area contributed by atoms with E-state index in [1.54, 1.807) is 6.07 Å². The fourth-order valence-electron chi connectivity index (χ4n) is 3.22. The summed E-state index contributed by atoms with van der Waals surface area (Å²) in [5.41, 5.74) is 10.7. The van der Waals surface area contributed by atoms with Gasteiger partial charge < -0.3 is 10.8 Å². The smallest absolute Gasteiger partial charge is 0.124 e. The van der Waals surface area contributed by atoms with E-state index >= 15 is 0 Å². The Hall–Kier alpha value is -3.26. The maximum Gasteiger partial charge on any atom is 0.124 e. The molecule has 0 aliphatic heterocycles. The third-order valence-corrected chi connectivity index (χ3v) is 4.35. The first-order valence-electron chi connectivity index (χ1n) is 7.91. The zero-order valence-electron chi connectivity index (χ0n) is 13.1. The maximum atomic E-state index is 10.6. The normalized spacial score (nSPS) is 10.8. The van der Waals surface area contributed by atoms with Gasteiger partial charge in [0.15, 0.2) is 0 Å². The average Bonchev–Trinajstić information content (AvgIpc) is 2.62. The number of phenolic OH excluding ortho intramolecular Hbond substituents is 1. The molecule has 2 nitrogen and oxygen atoms in total. The predicted molar refractivity (Wildman–Crippen MR) is 101 cm³/mol. The third kappa shape index (κ3) is 2.29. The third-order valence-electron chi connectivity index (χ3n) is 4.35. The van der Waals surface area contributed by atoms with Crippen LogP contribution >= 0.6 is 0 Å². The lowest BCUT2D eigenvalue weighted by Gasteiger charge is -2.15. The quantitative estimate of drug-likeness (QED) is 0.483. The second kappa shape index (κ2) is 5.74. The molecular weight excluding hydrogens is 294 g/mol. The van der Waals surface area contributed by atoms with Crippen LogP contribution in [0.2, 0.25) is 0 Å². The lowest BCUT2D eigenvalue weighted by Crippen LogP contribution is -1.92. The summed E-state index contributed by atoms with van der Waals surface area (Å²) in [5.74, 6) is 0.274. The Morgan fingerprint density at radius 3 is 2.00 bits per heavy atom. The van der Waals surface area contributed by atoms with Crippen molar-refractivity contribution in [3.05, 3.63) is 84.9 Å². The van der Waals surface area contributed by atoms with Crippen molar-refractivity contribution in [3.63, 3.8) is 0 Å².